The van der Waals surface area contributed by atoms with Crippen LogP contribution >= 0.6 is 0 Å². The SMILES string of the molecule is COCCCNCC1(N(C)C)CCC1. The molecule has 0 atom stereocenters. The summed E-state index contributed by atoms with van der Waals surface area (Å²) in [5, 5.41) is 3.52. The van der Waals surface area contributed by atoms with Gasteiger partial charge in [-0.25, -0.2) is 0 Å². The molecule has 0 spiro atoms. The van der Waals surface area contributed by atoms with E-state index in [2.05, 4.69) is 24.3 Å². The summed E-state index contributed by atoms with van der Waals surface area (Å²) in [7, 11) is 6.14. The van der Waals surface area contributed by atoms with Crippen LogP contribution in [0.3, 0.4) is 0 Å². The fourth-order valence-corrected chi connectivity index (χ4v) is 2.03. The number of ether oxygens (including phenoxy) is 1. The molecule has 0 heterocycles. The van der Waals surface area contributed by atoms with Gasteiger partial charge in [0, 0.05) is 25.8 Å². The molecule has 3 nitrogen and oxygen atoms in total. The van der Waals surface area contributed by atoms with Crippen LogP contribution in [0.2, 0.25) is 0 Å². The van der Waals surface area contributed by atoms with Crippen LogP contribution in [0.4, 0.5) is 0 Å². The Morgan fingerprint density at radius 2 is 2.07 bits per heavy atom. The van der Waals surface area contributed by atoms with Gasteiger partial charge in [-0.3, -0.25) is 0 Å². The molecule has 1 saturated carbocycles. The first kappa shape index (κ1) is 12.0. The molecule has 0 aromatic carbocycles. The summed E-state index contributed by atoms with van der Waals surface area (Å²) < 4.78 is 5.01. The van der Waals surface area contributed by atoms with Crippen LogP contribution in [0.25, 0.3) is 0 Å². The van der Waals surface area contributed by atoms with Crippen molar-refractivity contribution in [3.63, 3.8) is 0 Å². The topological polar surface area (TPSA) is 24.5 Å². The summed E-state index contributed by atoms with van der Waals surface area (Å²) in [6.07, 6.45) is 5.19. The van der Waals surface area contributed by atoms with Crippen molar-refractivity contribution < 1.29 is 4.74 Å². The van der Waals surface area contributed by atoms with Crippen LogP contribution < -0.4 is 5.32 Å². The smallest absolute Gasteiger partial charge is 0.0474 e. The van der Waals surface area contributed by atoms with E-state index in [1.165, 1.54) is 19.3 Å². The third-order valence-electron chi connectivity index (χ3n) is 3.39. The van der Waals surface area contributed by atoms with Crippen LogP contribution in [-0.2, 0) is 4.74 Å². The first-order valence-electron chi connectivity index (χ1n) is 5.58. The molecule has 0 aliphatic heterocycles. The summed E-state index contributed by atoms with van der Waals surface area (Å²) in [5.41, 5.74) is 0.451. The quantitative estimate of drug-likeness (QED) is 0.623. The van der Waals surface area contributed by atoms with Gasteiger partial charge in [0.15, 0.2) is 0 Å². The number of nitrogens with zero attached hydrogens (tertiary/aromatic N) is 1. The predicted molar refractivity (Wildman–Crippen MR) is 59.6 cm³/mol. The summed E-state index contributed by atoms with van der Waals surface area (Å²) in [5.74, 6) is 0. The summed E-state index contributed by atoms with van der Waals surface area (Å²) >= 11 is 0. The first-order chi connectivity index (χ1) is 6.71. The number of likely N-dealkylation sites (N-methyl/N-ethyl adjacent to an activating group) is 1. The number of hydrogen-bond acceptors (Lipinski definition) is 3. The fraction of sp³-hybridized carbons (Fsp3) is 1.00. The maximum atomic E-state index is 5.01. The second-order valence-electron chi connectivity index (χ2n) is 4.50. The van der Waals surface area contributed by atoms with Gasteiger partial charge in [0.25, 0.3) is 0 Å². The summed E-state index contributed by atoms with van der Waals surface area (Å²) in [6.45, 7) is 3.06. The molecule has 0 saturated heterocycles. The molecule has 1 aliphatic carbocycles. The van der Waals surface area contributed by atoms with Crippen molar-refractivity contribution in [3.05, 3.63) is 0 Å². The van der Waals surface area contributed by atoms with E-state index in [1.54, 1.807) is 7.11 Å². The van der Waals surface area contributed by atoms with E-state index in [4.69, 9.17) is 4.74 Å². The van der Waals surface area contributed by atoms with Gasteiger partial charge in [-0.05, 0) is 46.3 Å². The molecular weight excluding hydrogens is 176 g/mol. The van der Waals surface area contributed by atoms with Crippen molar-refractivity contribution in [3.8, 4) is 0 Å². The van der Waals surface area contributed by atoms with Crippen molar-refractivity contribution in [1.29, 1.82) is 0 Å². The average molecular weight is 200 g/mol. The Morgan fingerprint density at radius 3 is 2.50 bits per heavy atom. The molecular formula is C11H24N2O. The zero-order valence-corrected chi connectivity index (χ0v) is 9.81. The number of methoxy groups -OCH3 is 1. The monoisotopic (exact) mass is 200 g/mol. The fourth-order valence-electron chi connectivity index (χ4n) is 2.03. The number of hydrogen-bond donors (Lipinski definition) is 1. The van der Waals surface area contributed by atoms with Gasteiger partial charge < -0.3 is 15.0 Å². The highest BCUT2D eigenvalue weighted by molar-refractivity contribution is 4.97. The third-order valence-corrected chi connectivity index (χ3v) is 3.39. The van der Waals surface area contributed by atoms with Gasteiger partial charge in [-0.2, -0.15) is 0 Å². The molecule has 0 aromatic rings. The Bertz CT molecular complexity index is 155. The molecule has 0 bridgehead atoms. The lowest BCUT2D eigenvalue weighted by Crippen LogP contribution is -2.56. The Hall–Kier alpha value is -0.120. The summed E-state index contributed by atoms with van der Waals surface area (Å²) in [4.78, 5) is 2.37. The van der Waals surface area contributed by atoms with E-state index < -0.39 is 0 Å². The van der Waals surface area contributed by atoms with Crippen molar-refractivity contribution in [2.75, 3.05) is 40.9 Å². The molecule has 0 unspecified atom stereocenters. The molecule has 1 N–H and O–H groups in total. The highest BCUT2D eigenvalue weighted by atomic mass is 16.5. The maximum Gasteiger partial charge on any atom is 0.0474 e. The van der Waals surface area contributed by atoms with E-state index in [0.29, 0.717) is 5.54 Å². The molecule has 1 aliphatic rings. The zero-order valence-electron chi connectivity index (χ0n) is 9.81. The van der Waals surface area contributed by atoms with Crippen molar-refractivity contribution >= 4 is 0 Å². The van der Waals surface area contributed by atoms with Crippen LogP contribution in [0, 0.1) is 0 Å². The van der Waals surface area contributed by atoms with Crippen LogP contribution in [-0.4, -0.2) is 51.3 Å². The predicted octanol–water partition coefficient (Wildman–Crippen LogP) is 1.10. The normalized spacial score (nSPS) is 19.7. The molecule has 3 heteroatoms. The highest BCUT2D eigenvalue weighted by Gasteiger charge is 2.38. The third kappa shape index (κ3) is 2.94. The van der Waals surface area contributed by atoms with Crippen LogP contribution in [0.1, 0.15) is 25.7 Å². The summed E-state index contributed by atoms with van der Waals surface area (Å²) in [6, 6.07) is 0. The molecule has 1 fully saturated rings. The lowest BCUT2D eigenvalue weighted by Gasteiger charge is -2.47. The molecule has 84 valence electrons. The lowest BCUT2D eigenvalue weighted by atomic mass is 9.75. The maximum absolute atomic E-state index is 5.01. The lowest BCUT2D eigenvalue weighted by molar-refractivity contribution is 0.0596. The van der Waals surface area contributed by atoms with E-state index >= 15 is 0 Å². The Morgan fingerprint density at radius 1 is 1.36 bits per heavy atom. The van der Waals surface area contributed by atoms with Crippen molar-refractivity contribution in [2.24, 2.45) is 0 Å². The number of rotatable bonds is 7. The van der Waals surface area contributed by atoms with Crippen LogP contribution in [0.15, 0.2) is 0 Å². The molecule has 14 heavy (non-hydrogen) atoms. The second kappa shape index (κ2) is 5.69. The van der Waals surface area contributed by atoms with Crippen LogP contribution in [0.5, 0.6) is 0 Å². The second-order valence-corrected chi connectivity index (χ2v) is 4.50. The average Bonchev–Trinajstić information content (AvgIpc) is 2.07. The Balaban J connectivity index is 2.09. The van der Waals surface area contributed by atoms with Gasteiger partial charge in [0.1, 0.15) is 0 Å². The zero-order chi connectivity index (χ0) is 10.4. The minimum absolute atomic E-state index is 0.451. The largest absolute Gasteiger partial charge is 0.385 e. The van der Waals surface area contributed by atoms with Crippen molar-refractivity contribution in [2.45, 2.75) is 31.2 Å². The number of nitrogens with one attached hydrogen (secondary N) is 1. The Kier molecular flexibility index (Phi) is 4.85. The van der Waals surface area contributed by atoms with Gasteiger partial charge >= 0.3 is 0 Å². The van der Waals surface area contributed by atoms with E-state index in [1.807, 2.05) is 0 Å². The molecule has 1 rings (SSSR count). The van der Waals surface area contributed by atoms with Gasteiger partial charge in [0.05, 0.1) is 0 Å². The van der Waals surface area contributed by atoms with E-state index in [-0.39, 0.29) is 0 Å². The minimum atomic E-state index is 0.451. The standard InChI is InChI=1S/C11H24N2O/c1-13(2)11(6-4-7-11)10-12-8-5-9-14-3/h12H,4-10H2,1-3H3. The van der Waals surface area contributed by atoms with Gasteiger partial charge in [-0.15, -0.1) is 0 Å². The minimum Gasteiger partial charge on any atom is -0.385 e. The first-order valence-corrected chi connectivity index (χ1v) is 5.58. The molecule has 0 radical (unpaired) electrons. The van der Waals surface area contributed by atoms with E-state index in [9.17, 15) is 0 Å². The highest BCUT2D eigenvalue weighted by Crippen LogP contribution is 2.35. The molecule has 0 amide bonds. The van der Waals surface area contributed by atoms with Gasteiger partial charge in [0.2, 0.25) is 0 Å². The van der Waals surface area contributed by atoms with Gasteiger partial charge in [-0.1, -0.05) is 0 Å². The Labute approximate surface area is 87.8 Å². The molecule has 0 aromatic heterocycles. The van der Waals surface area contributed by atoms with E-state index in [0.717, 1.165) is 26.1 Å². The van der Waals surface area contributed by atoms with Crippen molar-refractivity contribution in [1.82, 2.24) is 10.2 Å².